The third-order valence-corrected chi connectivity index (χ3v) is 7.58. The summed E-state index contributed by atoms with van der Waals surface area (Å²) in [6.45, 7) is 6.56. The molecule has 0 fully saturated rings. The van der Waals surface area contributed by atoms with Crippen molar-refractivity contribution in [3.8, 4) is 0 Å². The highest BCUT2D eigenvalue weighted by Gasteiger charge is 2.18. The maximum Gasteiger partial charge on any atom is 0.264 e. The van der Waals surface area contributed by atoms with Crippen LogP contribution in [0.2, 0.25) is 5.02 Å². The van der Waals surface area contributed by atoms with E-state index in [1.165, 1.54) is 12.8 Å². The molecule has 1 aromatic heterocycles. The van der Waals surface area contributed by atoms with Gasteiger partial charge in [-0.2, -0.15) is 0 Å². The number of amides is 1. The van der Waals surface area contributed by atoms with Crippen LogP contribution in [0.25, 0.3) is 17.1 Å². The van der Waals surface area contributed by atoms with E-state index in [-0.39, 0.29) is 11.3 Å². The van der Waals surface area contributed by atoms with Gasteiger partial charge in [-0.3, -0.25) is 4.79 Å². The van der Waals surface area contributed by atoms with Crippen molar-refractivity contribution in [1.29, 1.82) is 0 Å². The Balaban J connectivity index is 1.81. The Morgan fingerprint density at radius 1 is 1.09 bits per heavy atom. The summed E-state index contributed by atoms with van der Waals surface area (Å²) in [7, 11) is -3.67. The van der Waals surface area contributed by atoms with E-state index in [0.717, 1.165) is 47.2 Å². The summed E-state index contributed by atoms with van der Waals surface area (Å²) in [6.07, 6.45) is 9.87. The van der Waals surface area contributed by atoms with E-state index < -0.39 is 15.9 Å². The quantitative estimate of drug-likeness (QED) is 0.279. The Morgan fingerprint density at radius 2 is 1.86 bits per heavy atom. The van der Waals surface area contributed by atoms with Gasteiger partial charge < -0.3 is 4.57 Å². The van der Waals surface area contributed by atoms with Crippen molar-refractivity contribution < 1.29 is 13.2 Å². The first-order chi connectivity index (χ1) is 16.7. The van der Waals surface area contributed by atoms with Crippen LogP contribution in [0.1, 0.15) is 79.7 Å². The largest absolute Gasteiger partial charge is 0.324 e. The average Bonchev–Trinajstić information content (AvgIpc) is 3.12. The number of hydrogen-bond acceptors (Lipinski definition) is 4. The van der Waals surface area contributed by atoms with Crippen LogP contribution in [0.15, 0.2) is 42.5 Å². The number of imidazole rings is 1. The van der Waals surface area contributed by atoms with Crippen LogP contribution in [-0.2, 0) is 16.6 Å². The molecule has 1 N–H and O–H groups in total. The predicted molar refractivity (Wildman–Crippen MR) is 144 cm³/mol. The monoisotopic (exact) mass is 515 g/mol. The van der Waals surface area contributed by atoms with Gasteiger partial charge >= 0.3 is 0 Å². The minimum Gasteiger partial charge on any atom is -0.324 e. The molecule has 0 aliphatic heterocycles. The molecule has 1 amide bonds. The molecular formula is C27H34ClN3O3S. The number of hydrogen-bond donors (Lipinski definition) is 1. The van der Waals surface area contributed by atoms with E-state index >= 15 is 0 Å². The molecule has 0 saturated carbocycles. The summed E-state index contributed by atoms with van der Waals surface area (Å²) in [5.74, 6) is 0.0872. The number of nitrogens with one attached hydrogen (secondary N) is 1. The number of aromatic nitrogens is 2. The summed E-state index contributed by atoms with van der Waals surface area (Å²) in [6, 6.07) is 11.0. The van der Waals surface area contributed by atoms with Crippen LogP contribution in [0, 0.1) is 6.92 Å². The number of carbonyl (C=O) groups excluding carboxylic acids is 1. The Bertz CT molecular complexity index is 1310. The van der Waals surface area contributed by atoms with Gasteiger partial charge in [0.1, 0.15) is 5.82 Å². The second kappa shape index (κ2) is 12.4. The van der Waals surface area contributed by atoms with Gasteiger partial charge in [-0.25, -0.2) is 18.1 Å². The summed E-state index contributed by atoms with van der Waals surface area (Å²) in [5, 5.41) is 0.663. The van der Waals surface area contributed by atoms with Crippen molar-refractivity contribution in [3.05, 3.63) is 70.0 Å². The predicted octanol–water partition coefficient (Wildman–Crippen LogP) is 6.50. The van der Waals surface area contributed by atoms with Crippen molar-refractivity contribution in [2.75, 3.05) is 5.75 Å². The molecule has 6 nitrogen and oxygen atoms in total. The zero-order valence-electron chi connectivity index (χ0n) is 20.7. The van der Waals surface area contributed by atoms with Crippen LogP contribution in [0.3, 0.4) is 0 Å². The highest BCUT2D eigenvalue weighted by atomic mass is 35.5. The number of unbranched alkanes of at least 4 members (excludes halogenated alkanes) is 4. The smallest absolute Gasteiger partial charge is 0.264 e. The first-order valence-corrected chi connectivity index (χ1v) is 14.2. The topological polar surface area (TPSA) is 81.1 Å². The lowest BCUT2D eigenvalue weighted by Gasteiger charge is -2.11. The van der Waals surface area contributed by atoms with Gasteiger partial charge in [-0.05, 0) is 55.2 Å². The SMILES string of the molecule is CCCC/C=C/c1ccc(Cn2c(C)nc3ccc(C(=O)NS(=O)(=O)CCCCC)cc32)c(Cl)c1. The van der Waals surface area contributed by atoms with Gasteiger partial charge in [0.2, 0.25) is 10.0 Å². The lowest BCUT2D eigenvalue weighted by Crippen LogP contribution is -2.32. The van der Waals surface area contributed by atoms with E-state index in [4.69, 9.17) is 11.6 Å². The number of rotatable bonds is 12. The van der Waals surface area contributed by atoms with Gasteiger partial charge in [0, 0.05) is 10.6 Å². The number of aryl methyl sites for hydroxylation is 1. The standard InChI is InChI=1S/C27H34ClN3O3S/c1-4-6-8-9-11-21-12-13-23(24(28)17-21)19-31-20(3)29-25-15-14-22(18-26(25)31)27(32)30-35(33,34)16-10-7-5-2/h9,11-15,17-18H,4-8,10,16,19H2,1-3H3,(H,30,32)/b11-9+. The summed E-state index contributed by atoms with van der Waals surface area (Å²) < 4.78 is 28.7. The van der Waals surface area contributed by atoms with Crippen molar-refractivity contribution in [1.82, 2.24) is 14.3 Å². The fourth-order valence-electron chi connectivity index (χ4n) is 3.88. The van der Waals surface area contributed by atoms with Gasteiger partial charge in [-0.1, -0.05) is 75.4 Å². The third-order valence-electron chi connectivity index (χ3n) is 5.91. The van der Waals surface area contributed by atoms with Crippen LogP contribution < -0.4 is 4.72 Å². The van der Waals surface area contributed by atoms with Crippen molar-refractivity contribution >= 4 is 44.6 Å². The van der Waals surface area contributed by atoms with E-state index in [2.05, 4.69) is 28.8 Å². The highest BCUT2D eigenvalue weighted by molar-refractivity contribution is 7.90. The minimum atomic E-state index is -3.67. The third kappa shape index (κ3) is 7.42. The molecule has 0 atom stereocenters. The molecule has 2 aromatic carbocycles. The van der Waals surface area contributed by atoms with Crippen LogP contribution in [-0.4, -0.2) is 29.6 Å². The molecule has 0 unspecified atom stereocenters. The van der Waals surface area contributed by atoms with Crippen LogP contribution in [0.4, 0.5) is 0 Å². The fourth-order valence-corrected chi connectivity index (χ4v) is 5.22. The highest BCUT2D eigenvalue weighted by Crippen LogP contribution is 2.24. The number of benzene rings is 2. The Hall–Kier alpha value is -2.64. The van der Waals surface area contributed by atoms with Crippen molar-refractivity contribution in [2.24, 2.45) is 0 Å². The number of halogens is 1. The normalized spacial score (nSPS) is 12.0. The Morgan fingerprint density at radius 3 is 2.57 bits per heavy atom. The van der Waals surface area contributed by atoms with Crippen molar-refractivity contribution in [2.45, 2.75) is 65.8 Å². The molecule has 0 spiro atoms. The minimum absolute atomic E-state index is 0.0614. The lowest BCUT2D eigenvalue weighted by molar-refractivity contribution is 0.0981. The number of nitrogens with zero attached hydrogens (tertiary/aromatic N) is 2. The molecule has 0 bridgehead atoms. The zero-order valence-corrected chi connectivity index (χ0v) is 22.3. The summed E-state index contributed by atoms with van der Waals surface area (Å²) >= 11 is 6.60. The molecule has 0 aliphatic carbocycles. The van der Waals surface area contributed by atoms with Gasteiger partial charge in [0.25, 0.3) is 5.91 Å². The maximum absolute atomic E-state index is 12.7. The number of carbonyl (C=O) groups is 1. The Kier molecular flexibility index (Phi) is 9.52. The van der Waals surface area contributed by atoms with E-state index in [1.54, 1.807) is 18.2 Å². The second-order valence-corrected chi connectivity index (χ2v) is 11.1. The summed E-state index contributed by atoms with van der Waals surface area (Å²) in [5.41, 5.74) is 3.75. The van der Waals surface area contributed by atoms with Gasteiger partial charge in [0.15, 0.2) is 0 Å². The fraction of sp³-hybridized carbons (Fsp3) is 0.407. The zero-order chi connectivity index (χ0) is 25.4. The summed E-state index contributed by atoms with van der Waals surface area (Å²) in [4.78, 5) is 17.3. The molecule has 0 aliphatic rings. The van der Waals surface area contributed by atoms with E-state index in [1.807, 2.05) is 36.6 Å². The Labute approximate surface area is 213 Å². The molecule has 0 radical (unpaired) electrons. The van der Waals surface area contributed by atoms with Crippen LogP contribution in [0.5, 0.6) is 0 Å². The average molecular weight is 516 g/mol. The number of allylic oxidation sites excluding steroid dienone is 1. The first-order valence-electron chi connectivity index (χ1n) is 12.2. The van der Waals surface area contributed by atoms with Crippen LogP contribution >= 0.6 is 11.6 Å². The molecule has 188 valence electrons. The molecule has 8 heteroatoms. The van der Waals surface area contributed by atoms with Gasteiger partial charge in [0.05, 0.1) is 23.3 Å². The van der Waals surface area contributed by atoms with Gasteiger partial charge in [-0.15, -0.1) is 0 Å². The second-order valence-electron chi connectivity index (χ2n) is 8.80. The van der Waals surface area contributed by atoms with E-state index in [0.29, 0.717) is 18.0 Å². The number of fused-ring (bicyclic) bond motifs is 1. The molecule has 3 aromatic rings. The molecule has 3 rings (SSSR count). The number of sulfonamides is 1. The molecule has 0 saturated heterocycles. The molecule has 35 heavy (non-hydrogen) atoms. The molecule has 1 heterocycles. The molecular weight excluding hydrogens is 482 g/mol. The first kappa shape index (κ1) is 27.0. The van der Waals surface area contributed by atoms with Crippen molar-refractivity contribution in [3.63, 3.8) is 0 Å². The van der Waals surface area contributed by atoms with E-state index in [9.17, 15) is 13.2 Å². The maximum atomic E-state index is 12.7. The lowest BCUT2D eigenvalue weighted by atomic mass is 10.1.